The van der Waals surface area contributed by atoms with Crippen molar-refractivity contribution in [3.05, 3.63) is 77.3 Å². The highest BCUT2D eigenvalue weighted by atomic mass is 15.0. The summed E-state index contributed by atoms with van der Waals surface area (Å²) in [4.78, 5) is 0. The summed E-state index contributed by atoms with van der Waals surface area (Å²) in [6, 6.07) is 17.1. The zero-order valence-corrected chi connectivity index (χ0v) is 12.5. The van der Waals surface area contributed by atoms with Crippen LogP contribution in [0.15, 0.2) is 61.2 Å². The van der Waals surface area contributed by atoms with E-state index in [9.17, 15) is 0 Å². The van der Waals surface area contributed by atoms with Gasteiger partial charge < -0.3 is 4.57 Å². The highest BCUT2D eigenvalue weighted by Crippen LogP contribution is 2.16. The smallest absolute Gasteiger partial charge is 0.0543 e. The van der Waals surface area contributed by atoms with Crippen LogP contribution in [0, 0.1) is 6.92 Å². The molecular weight excluding hydrogens is 254 g/mol. The van der Waals surface area contributed by atoms with Crippen LogP contribution in [-0.2, 0) is 0 Å². The van der Waals surface area contributed by atoms with E-state index in [4.69, 9.17) is 0 Å². The van der Waals surface area contributed by atoms with Gasteiger partial charge in [-0.05, 0) is 43.7 Å². The molecule has 2 aromatic carbocycles. The lowest BCUT2D eigenvalue weighted by molar-refractivity contribution is 1.07. The molecule has 1 heterocycles. The molecule has 1 nitrogen and oxygen atoms in total. The van der Waals surface area contributed by atoms with Crippen molar-refractivity contribution in [1.29, 1.82) is 0 Å². The Labute approximate surface area is 125 Å². The second kappa shape index (κ2) is 5.45. The van der Waals surface area contributed by atoms with E-state index in [2.05, 4.69) is 79.6 Å². The predicted octanol–water partition coefficient (Wildman–Crippen LogP) is 3.71. The summed E-state index contributed by atoms with van der Waals surface area (Å²) in [6.45, 7) is 8.09. The largest absolute Gasteiger partial charge is 0.309 e. The van der Waals surface area contributed by atoms with Gasteiger partial charge in [0.05, 0.1) is 10.9 Å². The van der Waals surface area contributed by atoms with Crippen LogP contribution < -0.4 is 10.6 Å². The van der Waals surface area contributed by atoms with Gasteiger partial charge in [-0.25, -0.2) is 0 Å². The Hall–Kier alpha value is -2.54. The van der Waals surface area contributed by atoms with Crippen molar-refractivity contribution in [3.63, 3.8) is 0 Å². The molecule has 0 amide bonds. The Bertz CT molecular complexity index is 912. The molecule has 21 heavy (non-hydrogen) atoms. The summed E-state index contributed by atoms with van der Waals surface area (Å²) in [5.41, 5.74) is 3.68. The van der Waals surface area contributed by atoms with Crippen LogP contribution in [0.5, 0.6) is 0 Å². The zero-order valence-electron chi connectivity index (χ0n) is 12.5. The van der Waals surface area contributed by atoms with Crippen LogP contribution >= 0.6 is 0 Å². The van der Waals surface area contributed by atoms with Gasteiger partial charge in [-0.3, -0.25) is 0 Å². The molecule has 0 spiro atoms. The maximum atomic E-state index is 3.87. The molecule has 1 heteroatoms. The molecule has 0 fully saturated rings. The number of aromatic nitrogens is 1. The minimum atomic E-state index is 1.18. The van der Waals surface area contributed by atoms with Crippen molar-refractivity contribution >= 4 is 23.1 Å². The minimum absolute atomic E-state index is 1.18. The molecule has 0 aliphatic rings. The first-order valence-electron chi connectivity index (χ1n) is 7.22. The van der Waals surface area contributed by atoms with Crippen molar-refractivity contribution < 1.29 is 0 Å². The monoisotopic (exact) mass is 273 g/mol. The van der Waals surface area contributed by atoms with Gasteiger partial charge in [0, 0.05) is 16.3 Å². The summed E-state index contributed by atoms with van der Waals surface area (Å²) in [5.74, 6) is 0. The van der Waals surface area contributed by atoms with E-state index in [1.54, 1.807) is 0 Å². The third-order valence-electron chi connectivity index (χ3n) is 3.78. The van der Waals surface area contributed by atoms with E-state index in [0.717, 1.165) is 0 Å². The third kappa shape index (κ3) is 2.21. The minimum Gasteiger partial charge on any atom is -0.309 e. The molecule has 0 N–H and O–H groups in total. The van der Waals surface area contributed by atoms with E-state index >= 15 is 0 Å². The Morgan fingerprint density at radius 2 is 1.81 bits per heavy atom. The van der Waals surface area contributed by atoms with Crippen molar-refractivity contribution in [2.45, 2.75) is 13.8 Å². The molecule has 3 aromatic rings. The first kappa shape index (κ1) is 13.4. The summed E-state index contributed by atoms with van der Waals surface area (Å²) in [6.07, 6.45) is 6.11. The van der Waals surface area contributed by atoms with Crippen LogP contribution in [0.25, 0.3) is 28.7 Å². The van der Waals surface area contributed by atoms with Crippen molar-refractivity contribution in [2.24, 2.45) is 0 Å². The first-order valence-corrected chi connectivity index (χ1v) is 7.22. The lowest BCUT2D eigenvalue weighted by Crippen LogP contribution is -2.27. The van der Waals surface area contributed by atoms with Gasteiger partial charge >= 0.3 is 0 Å². The summed E-state index contributed by atoms with van der Waals surface area (Å²) < 4.78 is 2.30. The molecule has 104 valence electrons. The molecule has 1 aromatic heterocycles. The van der Waals surface area contributed by atoms with Crippen molar-refractivity contribution in [2.75, 3.05) is 0 Å². The van der Waals surface area contributed by atoms with E-state index in [1.165, 1.54) is 32.7 Å². The summed E-state index contributed by atoms with van der Waals surface area (Å²) >= 11 is 0. The Morgan fingerprint density at radius 3 is 2.48 bits per heavy atom. The molecule has 0 saturated heterocycles. The first-order chi connectivity index (χ1) is 10.3. The Balaban J connectivity index is 2.58. The number of aryl methyl sites for hydroxylation is 1. The average Bonchev–Trinajstić information content (AvgIpc) is 2.81. The second-order valence-electron chi connectivity index (χ2n) is 5.18. The standard InChI is InChI=1S/C20H19N/c1-4-9-19-17(5-2)18-13-12-15(3)14-20(18)21(19)16-10-7-6-8-11-16/h4-14H,1H2,2-3H3/b17-5-,19-9+. The van der Waals surface area contributed by atoms with Gasteiger partial charge in [0.25, 0.3) is 0 Å². The normalized spacial score (nSPS) is 13.0. The number of fused-ring (bicyclic) bond motifs is 1. The maximum Gasteiger partial charge on any atom is 0.0543 e. The fourth-order valence-corrected chi connectivity index (χ4v) is 2.88. The quantitative estimate of drug-likeness (QED) is 0.671. The third-order valence-corrected chi connectivity index (χ3v) is 3.78. The van der Waals surface area contributed by atoms with Crippen LogP contribution in [0.4, 0.5) is 0 Å². The summed E-state index contributed by atoms with van der Waals surface area (Å²) in [7, 11) is 0. The van der Waals surface area contributed by atoms with Crippen LogP contribution in [0.3, 0.4) is 0 Å². The van der Waals surface area contributed by atoms with Gasteiger partial charge in [-0.2, -0.15) is 0 Å². The Morgan fingerprint density at radius 1 is 1.05 bits per heavy atom. The van der Waals surface area contributed by atoms with Crippen LogP contribution in [-0.4, -0.2) is 4.57 Å². The van der Waals surface area contributed by atoms with E-state index in [1.807, 2.05) is 12.1 Å². The fourth-order valence-electron chi connectivity index (χ4n) is 2.88. The number of benzene rings is 2. The molecular formula is C20H19N. The van der Waals surface area contributed by atoms with Crippen LogP contribution in [0.1, 0.15) is 12.5 Å². The van der Waals surface area contributed by atoms with Gasteiger partial charge in [0.15, 0.2) is 0 Å². The predicted molar refractivity (Wildman–Crippen MR) is 92.1 cm³/mol. The topological polar surface area (TPSA) is 4.93 Å². The number of para-hydroxylation sites is 1. The van der Waals surface area contributed by atoms with Gasteiger partial charge in [-0.1, -0.05) is 49.1 Å². The number of rotatable bonds is 2. The molecule has 0 radical (unpaired) electrons. The molecule has 0 aliphatic heterocycles. The lowest BCUT2D eigenvalue weighted by atomic mass is 10.1. The molecule has 0 unspecified atom stereocenters. The lowest BCUT2D eigenvalue weighted by Gasteiger charge is -2.06. The maximum absolute atomic E-state index is 3.87. The van der Waals surface area contributed by atoms with E-state index < -0.39 is 0 Å². The van der Waals surface area contributed by atoms with E-state index in [0.29, 0.717) is 0 Å². The van der Waals surface area contributed by atoms with Gasteiger partial charge in [0.2, 0.25) is 0 Å². The number of allylic oxidation sites excluding steroid dienone is 1. The fraction of sp³-hybridized carbons (Fsp3) is 0.100. The number of nitrogens with zero attached hydrogens (tertiary/aromatic N) is 1. The van der Waals surface area contributed by atoms with Crippen molar-refractivity contribution in [1.82, 2.24) is 4.57 Å². The highest BCUT2D eigenvalue weighted by molar-refractivity contribution is 5.84. The van der Waals surface area contributed by atoms with Crippen LogP contribution in [0.2, 0.25) is 0 Å². The summed E-state index contributed by atoms with van der Waals surface area (Å²) in [5, 5.41) is 3.72. The zero-order chi connectivity index (χ0) is 14.8. The van der Waals surface area contributed by atoms with Crippen molar-refractivity contribution in [3.8, 4) is 5.69 Å². The SMILES string of the molecule is C=C/C=c1\c(=C/C)c2ccc(C)cc2n1-c1ccccc1. The average molecular weight is 273 g/mol. The van der Waals surface area contributed by atoms with Gasteiger partial charge in [-0.15, -0.1) is 0 Å². The van der Waals surface area contributed by atoms with E-state index in [-0.39, 0.29) is 0 Å². The number of hydrogen-bond acceptors (Lipinski definition) is 0. The number of hydrogen-bond donors (Lipinski definition) is 0. The Kier molecular flexibility index (Phi) is 3.49. The molecule has 0 saturated carbocycles. The molecule has 3 rings (SSSR count). The molecule has 0 aliphatic carbocycles. The second-order valence-corrected chi connectivity index (χ2v) is 5.18. The molecule has 0 bridgehead atoms. The highest BCUT2D eigenvalue weighted by Gasteiger charge is 2.08. The molecule has 0 atom stereocenters. The van der Waals surface area contributed by atoms with Gasteiger partial charge in [0.1, 0.15) is 0 Å².